The molecule has 2 aromatic carbocycles. The quantitative estimate of drug-likeness (QED) is 0.709. The minimum absolute atomic E-state index is 0.193. The zero-order valence-corrected chi connectivity index (χ0v) is 15.0. The number of nitrogens with zero attached hydrogens (tertiary/aromatic N) is 2. The van der Waals surface area contributed by atoms with Gasteiger partial charge in [-0.15, -0.1) is 0 Å². The van der Waals surface area contributed by atoms with Gasteiger partial charge in [0.25, 0.3) is 0 Å². The Morgan fingerprint density at radius 1 is 1.15 bits per heavy atom. The third-order valence-corrected chi connectivity index (χ3v) is 3.97. The summed E-state index contributed by atoms with van der Waals surface area (Å²) in [7, 11) is 0. The Labute approximate surface area is 156 Å². The van der Waals surface area contributed by atoms with Gasteiger partial charge in [-0.2, -0.15) is 18.4 Å². The van der Waals surface area contributed by atoms with Crippen LogP contribution in [-0.2, 0) is 11.3 Å². The molecule has 27 heavy (non-hydrogen) atoms. The first-order valence-electron chi connectivity index (χ1n) is 8.28. The highest BCUT2D eigenvalue weighted by molar-refractivity contribution is 5.92. The fourth-order valence-electron chi connectivity index (χ4n) is 2.61. The van der Waals surface area contributed by atoms with Crippen LogP contribution < -0.4 is 0 Å². The Bertz CT molecular complexity index is 878. The second-order valence-corrected chi connectivity index (χ2v) is 6.31. The van der Waals surface area contributed by atoms with Crippen molar-refractivity contribution in [3.05, 3.63) is 76.4 Å². The van der Waals surface area contributed by atoms with Crippen molar-refractivity contribution in [1.82, 2.24) is 4.90 Å². The van der Waals surface area contributed by atoms with Crippen LogP contribution in [-0.4, -0.2) is 23.5 Å². The molecule has 3 nitrogen and oxygen atoms in total. The molecule has 0 bridgehead atoms. The summed E-state index contributed by atoms with van der Waals surface area (Å²) in [5.74, 6) is -0.725. The largest absolute Gasteiger partial charge is 0.406 e. The molecule has 0 saturated heterocycles. The lowest BCUT2D eigenvalue weighted by Gasteiger charge is -2.23. The molecule has 2 rings (SSSR count). The maximum Gasteiger partial charge on any atom is 0.406 e. The number of carbonyl (C=O) groups excluding carboxylic acids is 1. The second kappa shape index (κ2) is 8.54. The zero-order chi connectivity index (χ0) is 20.0. The van der Waals surface area contributed by atoms with Gasteiger partial charge in [0.15, 0.2) is 0 Å². The van der Waals surface area contributed by atoms with E-state index in [4.69, 9.17) is 5.26 Å². The van der Waals surface area contributed by atoms with Crippen molar-refractivity contribution < 1.29 is 18.0 Å². The Kier molecular flexibility index (Phi) is 6.40. The molecule has 0 spiro atoms. The van der Waals surface area contributed by atoms with Gasteiger partial charge in [0.2, 0.25) is 5.91 Å². The van der Waals surface area contributed by atoms with E-state index in [1.807, 2.05) is 38.1 Å². The average molecular weight is 372 g/mol. The minimum atomic E-state index is -4.50. The summed E-state index contributed by atoms with van der Waals surface area (Å²) in [6.07, 6.45) is -1.82. The highest BCUT2D eigenvalue weighted by Crippen LogP contribution is 2.19. The van der Waals surface area contributed by atoms with Crippen molar-refractivity contribution in [3.8, 4) is 6.07 Å². The average Bonchev–Trinajstić information content (AvgIpc) is 2.59. The van der Waals surface area contributed by atoms with E-state index in [0.29, 0.717) is 11.1 Å². The summed E-state index contributed by atoms with van der Waals surface area (Å²) >= 11 is 0. The summed E-state index contributed by atoms with van der Waals surface area (Å²) in [4.78, 5) is 13.1. The normalized spacial score (nSPS) is 11.4. The predicted molar refractivity (Wildman–Crippen MR) is 97.6 cm³/mol. The number of amides is 1. The summed E-state index contributed by atoms with van der Waals surface area (Å²) < 4.78 is 38.7. The lowest BCUT2D eigenvalue weighted by Crippen LogP contribution is -2.37. The van der Waals surface area contributed by atoms with Crippen molar-refractivity contribution in [2.24, 2.45) is 0 Å². The van der Waals surface area contributed by atoms with Gasteiger partial charge in [-0.05, 0) is 48.7 Å². The van der Waals surface area contributed by atoms with E-state index in [2.05, 4.69) is 0 Å². The Morgan fingerprint density at radius 2 is 1.81 bits per heavy atom. The van der Waals surface area contributed by atoms with Gasteiger partial charge in [0, 0.05) is 12.6 Å². The lowest BCUT2D eigenvalue weighted by atomic mass is 10.1. The van der Waals surface area contributed by atoms with E-state index in [9.17, 15) is 18.0 Å². The SMILES string of the molecule is Cc1ccc(C=CC(=O)N(Cc2ccc(C#N)cc2)CC(F)(F)F)c(C)c1. The number of hydrogen-bond acceptors (Lipinski definition) is 2. The summed E-state index contributed by atoms with van der Waals surface area (Å²) in [6, 6.07) is 13.7. The van der Waals surface area contributed by atoms with Crippen LogP contribution in [0.4, 0.5) is 13.2 Å². The van der Waals surface area contributed by atoms with Crippen molar-refractivity contribution in [3.63, 3.8) is 0 Å². The molecule has 0 radical (unpaired) electrons. The van der Waals surface area contributed by atoms with Crippen LogP contribution >= 0.6 is 0 Å². The molecule has 0 aromatic heterocycles. The van der Waals surface area contributed by atoms with Crippen molar-refractivity contribution in [2.45, 2.75) is 26.6 Å². The Morgan fingerprint density at radius 3 is 2.37 bits per heavy atom. The molecule has 2 aromatic rings. The number of aryl methyl sites for hydroxylation is 2. The Hall–Kier alpha value is -3.07. The lowest BCUT2D eigenvalue weighted by molar-refractivity contribution is -0.159. The molecule has 0 unspecified atom stereocenters. The van der Waals surface area contributed by atoms with Crippen LogP contribution in [0.15, 0.2) is 48.5 Å². The second-order valence-electron chi connectivity index (χ2n) is 6.31. The van der Waals surface area contributed by atoms with Crippen molar-refractivity contribution >= 4 is 12.0 Å². The molecule has 0 aliphatic rings. The molecule has 0 aliphatic heterocycles. The number of rotatable bonds is 5. The van der Waals surface area contributed by atoms with Gasteiger partial charge >= 0.3 is 6.18 Å². The van der Waals surface area contributed by atoms with E-state index in [1.165, 1.54) is 18.2 Å². The van der Waals surface area contributed by atoms with Gasteiger partial charge in [0.05, 0.1) is 11.6 Å². The van der Waals surface area contributed by atoms with Crippen LogP contribution in [0.5, 0.6) is 0 Å². The third-order valence-electron chi connectivity index (χ3n) is 3.97. The molecular formula is C21H19F3N2O. The topological polar surface area (TPSA) is 44.1 Å². The predicted octanol–water partition coefficient (Wildman–Crippen LogP) is 4.78. The van der Waals surface area contributed by atoms with Crippen LogP contribution in [0.1, 0.15) is 27.8 Å². The standard InChI is InChI=1S/C21H19F3N2O/c1-15-3-8-19(16(2)11-15)9-10-20(27)26(14-21(22,23)24)13-18-6-4-17(12-25)5-7-18/h3-11H,13-14H2,1-2H3. The number of benzene rings is 2. The number of alkyl halides is 3. The molecule has 0 N–H and O–H groups in total. The number of carbonyl (C=O) groups is 1. The maximum absolute atomic E-state index is 12.9. The minimum Gasteiger partial charge on any atom is -0.326 e. The van der Waals surface area contributed by atoms with Crippen LogP contribution in [0.2, 0.25) is 0 Å². The van der Waals surface area contributed by atoms with Crippen molar-refractivity contribution in [2.75, 3.05) is 6.54 Å². The van der Waals surface area contributed by atoms with E-state index < -0.39 is 18.6 Å². The van der Waals surface area contributed by atoms with Crippen LogP contribution in [0, 0.1) is 25.2 Å². The summed E-state index contributed by atoms with van der Waals surface area (Å²) in [5.41, 5.74) is 3.71. The molecule has 0 aliphatic carbocycles. The van der Waals surface area contributed by atoms with Gasteiger partial charge in [-0.25, -0.2) is 0 Å². The van der Waals surface area contributed by atoms with E-state index in [-0.39, 0.29) is 6.54 Å². The molecule has 0 fully saturated rings. The number of nitriles is 1. The first-order chi connectivity index (χ1) is 12.7. The molecule has 1 amide bonds. The maximum atomic E-state index is 12.9. The van der Waals surface area contributed by atoms with Crippen LogP contribution in [0.3, 0.4) is 0 Å². The van der Waals surface area contributed by atoms with Gasteiger partial charge in [0.1, 0.15) is 6.54 Å². The van der Waals surface area contributed by atoms with E-state index >= 15 is 0 Å². The van der Waals surface area contributed by atoms with Crippen molar-refractivity contribution in [1.29, 1.82) is 5.26 Å². The molecule has 140 valence electrons. The fraction of sp³-hybridized carbons (Fsp3) is 0.238. The third kappa shape index (κ3) is 6.30. The van der Waals surface area contributed by atoms with Crippen LogP contribution in [0.25, 0.3) is 6.08 Å². The summed E-state index contributed by atoms with van der Waals surface area (Å²) in [6.45, 7) is 2.28. The Balaban J connectivity index is 2.20. The molecule has 6 heteroatoms. The smallest absolute Gasteiger partial charge is 0.326 e. The highest BCUT2D eigenvalue weighted by Gasteiger charge is 2.32. The van der Waals surface area contributed by atoms with Gasteiger partial charge in [-0.1, -0.05) is 35.9 Å². The first kappa shape index (κ1) is 20.2. The molecule has 0 saturated carbocycles. The fourth-order valence-corrected chi connectivity index (χ4v) is 2.61. The molecular weight excluding hydrogens is 353 g/mol. The highest BCUT2D eigenvalue weighted by atomic mass is 19.4. The van der Waals surface area contributed by atoms with E-state index in [1.54, 1.807) is 12.1 Å². The number of halogens is 3. The molecule has 0 atom stereocenters. The summed E-state index contributed by atoms with van der Waals surface area (Å²) in [5, 5.41) is 8.80. The zero-order valence-electron chi connectivity index (χ0n) is 15.0. The number of hydrogen-bond donors (Lipinski definition) is 0. The van der Waals surface area contributed by atoms with Gasteiger partial charge in [-0.3, -0.25) is 4.79 Å². The first-order valence-corrected chi connectivity index (χ1v) is 8.28. The van der Waals surface area contributed by atoms with Gasteiger partial charge < -0.3 is 4.90 Å². The monoisotopic (exact) mass is 372 g/mol. The van der Waals surface area contributed by atoms with E-state index in [0.717, 1.165) is 27.7 Å². The molecule has 0 heterocycles.